The Morgan fingerprint density at radius 2 is 2.15 bits per heavy atom. The molecule has 1 nitrogen and oxygen atoms in total. The summed E-state index contributed by atoms with van der Waals surface area (Å²) in [7, 11) is 1.76. The highest BCUT2D eigenvalue weighted by Crippen LogP contribution is 2.65. The van der Waals surface area contributed by atoms with Crippen LogP contribution in [0, 0.1) is 17.3 Å². The van der Waals surface area contributed by atoms with E-state index in [0.717, 1.165) is 23.5 Å². The van der Waals surface area contributed by atoms with Gasteiger partial charge in [-0.3, -0.25) is 0 Å². The summed E-state index contributed by atoms with van der Waals surface area (Å²) in [6.07, 6.45) is 6.55. The number of hydrogen-bond acceptors (Lipinski definition) is 1. The van der Waals surface area contributed by atoms with Crippen LogP contribution in [-0.2, 0) is 6.42 Å². The number of aryl methyl sites for hydroxylation is 1. The molecule has 3 aliphatic rings. The molecule has 2 fully saturated rings. The van der Waals surface area contributed by atoms with Gasteiger partial charge in [-0.2, -0.15) is 0 Å². The Hall–Kier alpha value is -1.24. The number of benzene rings is 1. The van der Waals surface area contributed by atoms with Crippen molar-refractivity contribution in [3.63, 3.8) is 0 Å². The van der Waals surface area contributed by atoms with E-state index in [4.69, 9.17) is 4.74 Å². The summed E-state index contributed by atoms with van der Waals surface area (Å²) in [5, 5.41) is 0. The first kappa shape index (κ1) is 12.5. The number of methoxy groups -OCH3 is 1. The SMILES string of the molecule is C=C1CC2C3CCc4cc(OC)ccc4C3CC[C@]12C. The van der Waals surface area contributed by atoms with E-state index in [1.54, 1.807) is 12.7 Å². The average molecular weight is 268 g/mol. The summed E-state index contributed by atoms with van der Waals surface area (Å²) in [5.41, 5.74) is 5.13. The van der Waals surface area contributed by atoms with E-state index in [-0.39, 0.29) is 0 Å². The maximum absolute atomic E-state index is 5.38. The van der Waals surface area contributed by atoms with Crippen molar-refractivity contribution < 1.29 is 4.74 Å². The van der Waals surface area contributed by atoms with E-state index in [1.165, 1.54) is 43.2 Å². The van der Waals surface area contributed by atoms with Gasteiger partial charge < -0.3 is 4.74 Å². The fourth-order valence-corrected chi connectivity index (χ4v) is 5.19. The zero-order valence-corrected chi connectivity index (χ0v) is 12.6. The lowest BCUT2D eigenvalue weighted by Gasteiger charge is -2.60. The van der Waals surface area contributed by atoms with Crippen LogP contribution in [0.2, 0.25) is 0 Å². The topological polar surface area (TPSA) is 9.23 Å². The zero-order chi connectivity index (χ0) is 13.9. The van der Waals surface area contributed by atoms with Crippen molar-refractivity contribution >= 4 is 0 Å². The van der Waals surface area contributed by atoms with Crippen LogP contribution in [0.3, 0.4) is 0 Å². The zero-order valence-electron chi connectivity index (χ0n) is 12.6. The Balaban J connectivity index is 1.68. The largest absolute Gasteiger partial charge is 0.497 e. The highest BCUT2D eigenvalue weighted by Gasteiger charge is 2.55. The van der Waals surface area contributed by atoms with Crippen molar-refractivity contribution in [1.29, 1.82) is 0 Å². The Labute approximate surface area is 122 Å². The van der Waals surface area contributed by atoms with Crippen molar-refractivity contribution in [2.45, 2.75) is 44.9 Å². The Kier molecular flexibility index (Phi) is 2.58. The molecule has 106 valence electrons. The first-order valence-electron chi connectivity index (χ1n) is 7.98. The van der Waals surface area contributed by atoms with Crippen LogP contribution in [0.5, 0.6) is 5.75 Å². The monoisotopic (exact) mass is 268 g/mol. The summed E-state index contributed by atoms with van der Waals surface area (Å²) in [6, 6.07) is 6.74. The Bertz CT molecular complexity index is 573. The van der Waals surface area contributed by atoms with E-state index < -0.39 is 0 Å². The van der Waals surface area contributed by atoms with Crippen LogP contribution in [0.4, 0.5) is 0 Å². The van der Waals surface area contributed by atoms with E-state index in [1.807, 2.05) is 0 Å². The molecule has 4 atom stereocenters. The maximum atomic E-state index is 5.38. The predicted molar refractivity (Wildman–Crippen MR) is 82.1 cm³/mol. The molecule has 20 heavy (non-hydrogen) atoms. The molecule has 1 aromatic rings. The molecule has 3 unspecified atom stereocenters. The molecule has 0 N–H and O–H groups in total. The molecule has 0 aliphatic heterocycles. The molecule has 1 heteroatoms. The van der Waals surface area contributed by atoms with Crippen molar-refractivity contribution in [3.05, 3.63) is 41.5 Å². The molecule has 0 heterocycles. The molecule has 3 aliphatic carbocycles. The second-order valence-corrected chi connectivity index (χ2v) is 7.24. The summed E-state index contributed by atoms with van der Waals surface area (Å²) < 4.78 is 5.38. The molecule has 0 amide bonds. The normalized spacial score (nSPS) is 38.3. The molecule has 4 rings (SSSR count). The molecular formula is C19H24O. The van der Waals surface area contributed by atoms with Crippen LogP contribution in [0.25, 0.3) is 0 Å². The number of allylic oxidation sites excluding steroid dienone is 1. The summed E-state index contributed by atoms with van der Waals surface area (Å²) in [4.78, 5) is 0. The molecule has 1 aromatic carbocycles. The van der Waals surface area contributed by atoms with Crippen LogP contribution < -0.4 is 4.74 Å². The van der Waals surface area contributed by atoms with E-state index in [2.05, 4.69) is 31.7 Å². The average Bonchev–Trinajstić information content (AvgIpc) is 2.48. The van der Waals surface area contributed by atoms with E-state index >= 15 is 0 Å². The second kappa shape index (κ2) is 4.13. The van der Waals surface area contributed by atoms with Crippen LogP contribution in [0.1, 0.15) is 49.7 Å². The highest BCUT2D eigenvalue weighted by molar-refractivity contribution is 5.41. The molecule has 0 spiro atoms. The quantitative estimate of drug-likeness (QED) is 0.670. The van der Waals surface area contributed by atoms with Gasteiger partial charge in [-0.1, -0.05) is 25.1 Å². The van der Waals surface area contributed by atoms with Gasteiger partial charge in [-0.25, -0.2) is 0 Å². The fraction of sp³-hybridized carbons (Fsp3) is 0.579. The smallest absolute Gasteiger partial charge is 0.119 e. The Morgan fingerprint density at radius 1 is 1.30 bits per heavy atom. The van der Waals surface area contributed by atoms with Crippen molar-refractivity contribution in [3.8, 4) is 5.75 Å². The van der Waals surface area contributed by atoms with Crippen molar-refractivity contribution in [1.82, 2.24) is 0 Å². The third-order valence-electron chi connectivity index (χ3n) is 6.60. The van der Waals surface area contributed by atoms with Gasteiger partial charge in [0.2, 0.25) is 0 Å². The maximum Gasteiger partial charge on any atom is 0.119 e. The fourth-order valence-electron chi connectivity index (χ4n) is 5.19. The van der Waals surface area contributed by atoms with Crippen LogP contribution >= 0.6 is 0 Å². The van der Waals surface area contributed by atoms with Crippen molar-refractivity contribution in [2.24, 2.45) is 17.3 Å². The third-order valence-corrected chi connectivity index (χ3v) is 6.60. The minimum absolute atomic E-state index is 0.463. The molecule has 0 saturated heterocycles. The van der Waals surface area contributed by atoms with Gasteiger partial charge in [0.1, 0.15) is 5.75 Å². The molecule has 0 bridgehead atoms. The van der Waals surface area contributed by atoms with Crippen molar-refractivity contribution in [2.75, 3.05) is 7.11 Å². The van der Waals surface area contributed by atoms with E-state index in [0.29, 0.717) is 5.41 Å². The highest BCUT2D eigenvalue weighted by atomic mass is 16.5. The van der Waals surface area contributed by atoms with Crippen LogP contribution in [-0.4, -0.2) is 7.11 Å². The van der Waals surface area contributed by atoms with Gasteiger partial charge >= 0.3 is 0 Å². The minimum Gasteiger partial charge on any atom is -0.497 e. The lowest BCUT2D eigenvalue weighted by molar-refractivity contribution is 0.00328. The predicted octanol–water partition coefficient (Wildman–Crippen LogP) is 4.72. The van der Waals surface area contributed by atoms with E-state index in [9.17, 15) is 0 Å². The van der Waals surface area contributed by atoms with Gasteiger partial charge in [0.15, 0.2) is 0 Å². The second-order valence-electron chi connectivity index (χ2n) is 7.24. The minimum atomic E-state index is 0.463. The van der Waals surface area contributed by atoms with Gasteiger partial charge in [0, 0.05) is 0 Å². The number of hydrogen-bond donors (Lipinski definition) is 0. The number of rotatable bonds is 1. The Morgan fingerprint density at radius 3 is 2.90 bits per heavy atom. The lowest BCUT2D eigenvalue weighted by atomic mass is 9.45. The third kappa shape index (κ3) is 1.50. The summed E-state index contributed by atoms with van der Waals surface area (Å²) >= 11 is 0. The number of ether oxygens (including phenoxy) is 1. The summed E-state index contributed by atoms with van der Waals surface area (Å²) in [5.74, 6) is 3.58. The first-order chi connectivity index (χ1) is 9.63. The van der Waals surface area contributed by atoms with Crippen LogP contribution in [0.15, 0.2) is 30.4 Å². The molecule has 0 radical (unpaired) electrons. The number of fused-ring (bicyclic) bond motifs is 5. The molecule has 2 saturated carbocycles. The first-order valence-corrected chi connectivity index (χ1v) is 7.98. The van der Waals surface area contributed by atoms with Gasteiger partial charge in [-0.15, -0.1) is 0 Å². The lowest BCUT2D eigenvalue weighted by Crippen LogP contribution is -2.50. The van der Waals surface area contributed by atoms with Gasteiger partial charge in [0.25, 0.3) is 0 Å². The standard InChI is InChI=1S/C19H24O/c1-12-10-18-17-6-4-13-11-14(20-3)5-7-15(13)16(17)8-9-19(12,18)2/h5,7,11,16-18H,1,4,6,8-10H2,2-3H3/t16?,17?,18?,19-/m1/s1. The van der Waals surface area contributed by atoms with Gasteiger partial charge in [-0.05, 0) is 78.5 Å². The van der Waals surface area contributed by atoms with Gasteiger partial charge in [0.05, 0.1) is 7.11 Å². The molecular weight excluding hydrogens is 244 g/mol. The molecule has 0 aromatic heterocycles. The summed E-state index contributed by atoms with van der Waals surface area (Å²) in [6.45, 7) is 6.77.